The Morgan fingerprint density at radius 2 is 2.08 bits per heavy atom. The van der Waals surface area contributed by atoms with Crippen molar-refractivity contribution in [1.29, 1.82) is 0 Å². The number of hydrogen-bond donors (Lipinski definition) is 0. The van der Waals surface area contributed by atoms with E-state index >= 15 is 0 Å². The number of aromatic nitrogens is 3. The Balaban J connectivity index is 1.81. The topological polar surface area (TPSA) is 75.5 Å². The lowest BCUT2D eigenvalue weighted by atomic mass is 10.2. The Hall–Kier alpha value is -2.57. The van der Waals surface area contributed by atoms with Crippen molar-refractivity contribution < 1.29 is 19.0 Å². The molecule has 1 aliphatic heterocycles. The number of methoxy groups -OCH3 is 2. The van der Waals surface area contributed by atoms with Crippen LogP contribution in [0, 0.1) is 0 Å². The van der Waals surface area contributed by atoms with Crippen LogP contribution in [-0.4, -0.2) is 35.0 Å². The van der Waals surface area contributed by atoms with Gasteiger partial charge in [-0.2, -0.15) is 0 Å². The molecule has 0 fully saturated rings. The normalized spacial score (nSPS) is 13.8. The van der Waals surface area contributed by atoms with Gasteiger partial charge in [-0.25, -0.2) is 4.79 Å². The molecule has 0 unspecified atom stereocenters. The molecule has 0 saturated carbocycles. The number of esters is 1. The second-order valence-corrected chi connectivity index (χ2v) is 5.64. The average molecular weight is 331 g/mol. The highest BCUT2D eigenvalue weighted by Crippen LogP contribution is 2.26. The summed E-state index contributed by atoms with van der Waals surface area (Å²) in [4.78, 5) is 11.9. The molecule has 2 aromatic rings. The van der Waals surface area contributed by atoms with Gasteiger partial charge in [0.1, 0.15) is 29.5 Å². The first kappa shape index (κ1) is 16.3. The lowest BCUT2D eigenvalue weighted by molar-refractivity contribution is 0.0595. The Morgan fingerprint density at radius 3 is 2.88 bits per heavy atom. The summed E-state index contributed by atoms with van der Waals surface area (Å²) in [6.45, 7) is 1.15. The third kappa shape index (κ3) is 3.34. The van der Waals surface area contributed by atoms with Crippen molar-refractivity contribution in [3.8, 4) is 11.5 Å². The second-order valence-electron chi connectivity index (χ2n) is 5.64. The van der Waals surface area contributed by atoms with Gasteiger partial charge in [-0.1, -0.05) is 6.42 Å². The van der Waals surface area contributed by atoms with E-state index < -0.39 is 5.97 Å². The Morgan fingerprint density at radius 1 is 1.21 bits per heavy atom. The van der Waals surface area contributed by atoms with Crippen LogP contribution in [0.25, 0.3) is 0 Å². The molecule has 2 heterocycles. The third-order valence-electron chi connectivity index (χ3n) is 4.14. The smallest absolute Gasteiger partial charge is 0.341 e. The number of ether oxygens (including phenoxy) is 3. The highest BCUT2D eigenvalue weighted by atomic mass is 16.5. The van der Waals surface area contributed by atoms with Gasteiger partial charge in [0.15, 0.2) is 5.82 Å². The fraction of sp³-hybridized carbons (Fsp3) is 0.471. The summed E-state index contributed by atoms with van der Waals surface area (Å²) in [5, 5.41) is 8.49. The molecule has 24 heavy (non-hydrogen) atoms. The molecule has 1 aromatic carbocycles. The van der Waals surface area contributed by atoms with Crippen LogP contribution < -0.4 is 9.47 Å². The van der Waals surface area contributed by atoms with E-state index in [9.17, 15) is 4.79 Å². The van der Waals surface area contributed by atoms with Gasteiger partial charge in [0.25, 0.3) is 0 Å². The maximum absolute atomic E-state index is 11.9. The largest absolute Gasteiger partial charge is 0.497 e. The summed E-state index contributed by atoms with van der Waals surface area (Å²) >= 11 is 0. The number of carbonyl (C=O) groups is 1. The predicted molar refractivity (Wildman–Crippen MR) is 86.2 cm³/mol. The first-order chi connectivity index (χ1) is 11.7. The molecule has 0 saturated heterocycles. The zero-order valence-electron chi connectivity index (χ0n) is 13.9. The number of fused-ring (bicyclic) bond motifs is 1. The van der Waals surface area contributed by atoms with Crippen LogP contribution in [0.5, 0.6) is 11.5 Å². The van der Waals surface area contributed by atoms with Crippen LogP contribution in [0.15, 0.2) is 18.2 Å². The van der Waals surface area contributed by atoms with Gasteiger partial charge in [-0.3, -0.25) is 0 Å². The molecule has 0 bridgehead atoms. The van der Waals surface area contributed by atoms with Crippen molar-refractivity contribution in [2.45, 2.75) is 38.8 Å². The van der Waals surface area contributed by atoms with Crippen LogP contribution in [0.4, 0.5) is 0 Å². The van der Waals surface area contributed by atoms with E-state index in [0.29, 0.717) is 17.1 Å². The summed E-state index contributed by atoms with van der Waals surface area (Å²) in [6.07, 6.45) is 4.40. The Labute approximate surface area is 140 Å². The van der Waals surface area contributed by atoms with Crippen molar-refractivity contribution in [1.82, 2.24) is 14.8 Å². The number of hydrogen-bond acceptors (Lipinski definition) is 6. The summed E-state index contributed by atoms with van der Waals surface area (Å²) in [5.74, 6) is 2.34. The van der Waals surface area contributed by atoms with Crippen LogP contribution in [0.1, 0.15) is 41.3 Å². The molecule has 1 aromatic heterocycles. The monoisotopic (exact) mass is 331 g/mol. The maximum Gasteiger partial charge on any atom is 0.341 e. The summed E-state index contributed by atoms with van der Waals surface area (Å²) < 4.78 is 18.0. The van der Waals surface area contributed by atoms with Gasteiger partial charge in [0, 0.05) is 19.0 Å². The number of carbonyl (C=O) groups excluding carboxylic acids is 1. The SMILES string of the molecule is COC(=O)c1ccc(OC)cc1OCc1nnc2n1CCCCC2. The average Bonchev–Trinajstić information content (AvgIpc) is 2.85. The van der Waals surface area contributed by atoms with Crippen molar-refractivity contribution in [2.75, 3.05) is 14.2 Å². The lowest BCUT2D eigenvalue weighted by Crippen LogP contribution is -2.11. The van der Waals surface area contributed by atoms with Crippen LogP contribution in [0.3, 0.4) is 0 Å². The Bertz CT molecular complexity index is 727. The molecule has 7 heteroatoms. The third-order valence-corrected chi connectivity index (χ3v) is 4.14. The van der Waals surface area contributed by atoms with E-state index in [1.807, 2.05) is 0 Å². The zero-order valence-corrected chi connectivity index (χ0v) is 13.9. The molecule has 0 radical (unpaired) electrons. The minimum absolute atomic E-state index is 0.240. The van der Waals surface area contributed by atoms with Crippen LogP contribution in [-0.2, 0) is 24.3 Å². The molecular weight excluding hydrogens is 310 g/mol. The molecule has 0 spiro atoms. The van der Waals surface area contributed by atoms with E-state index in [2.05, 4.69) is 14.8 Å². The first-order valence-electron chi connectivity index (χ1n) is 8.03. The van der Waals surface area contributed by atoms with E-state index in [1.54, 1.807) is 25.3 Å². The maximum atomic E-state index is 11.9. The molecule has 0 aliphatic carbocycles. The van der Waals surface area contributed by atoms with Crippen molar-refractivity contribution in [3.63, 3.8) is 0 Å². The van der Waals surface area contributed by atoms with Gasteiger partial charge in [-0.15, -0.1) is 10.2 Å². The molecule has 7 nitrogen and oxygen atoms in total. The molecule has 128 valence electrons. The fourth-order valence-electron chi connectivity index (χ4n) is 2.82. The minimum Gasteiger partial charge on any atom is -0.497 e. The van der Waals surface area contributed by atoms with Crippen molar-refractivity contribution >= 4 is 5.97 Å². The lowest BCUT2D eigenvalue weighted by Gasteiger charge is -2.12. The van der Waals surface area contributed by atoms with Crippen LogP contribution in [0.2, 0.25) is 0 Å². The predicted octanol–water partition coefficient (Wildman–Crippen LogP) is 2.38. The van der Waals surface area contributed by atoms with Gasteiger partial charge < -0.3 is 18.8 Å². The fourth-order valence-corrected chi connectivity index (χ4v) is 2.82. The van der Waals surface area contributed by atoms with Gasteiger partial charge in [-0.05, 0) is 25.0 Å². The standard InChI is InChI=1S/C17H21N3O4/c1-22-12-7-8-13(17(21)23-2)14(10-12)24-11-16-19-18-15-6-4-3-5-9-20(15)16/h7-8,10H,3-6,9,11H2,1-2H3. The first-order valence-corrected chi connectivity index (χ1v) is 8.03. The second kappa shape index (κ2) is 7.33. The summed E-state index contributed by atoms with van der Waals surface area (Å²) in [5.41, 5.74) is 0.355. The number of nitrogens with zero attached hydrogens (tertiary/aromatic N) is 3. The molecule has 0 N–H and O–H groups in total. The number of aryl methyl sites for hydroxylation is 1. The highest BCUT2D eigenvalue weighted by molar-refractivity contribution is 5.92. The molecular formula is C17H21N3O4. The number of rotatable bonds is 5. The van der Waals surface area contributed by atoms with Crippen molar-refractivity contribution in [2.24, 2.45) is 0 Å². The minimum atomic E-state index is -0.451. The van der Waals surface area contributed by atoms with Gasteiger partial charge >= 0.3 is 5.97 Å². The Kier molecular flexibility index (Phi) is 4.98. The molecule has 1 aliphatic rings. The van der Waals surface area contributed by atoms with E-state index in [-0.39, 0.29) is 6.61 Å². The molecule has 0 amide bonds. The molecule has 3 rings (SSSR count). The summed E-state index contributed by atoms with van der Waals surface area (Å²) in [6, 6.07) is 5.00. The molecule has 0 atom stereocenters. The van der Waals surface area contributed by atoms with E-state index in [4.69, 9.17) is 14.2 Å². The highest BCUT2D eigenvalue weighted by Gasteiger charge is 2.18. The van der Waals surface area contributed by atoms with Gasteiger partial charge in [0.2, 0.25) is 0 Å². The summed E-state index contributed by atoms with van der Waals surface area (Å²) in [7, 11) is 2.91. The quantitative estimate of drug-likeness (QED) is 0.783. The number of benzene rings is 1. The van der Waals surface area contributed by atoms with E-state index in [0.717, 1.165) is 37.5 Å². The van der Waals surface area contributed by atoms with Gasteiger partial charge in [0.05, 0.1) is 14.2 Å². The van der Waals surface area contributed by atoms with E-state index in [1.165, 1.54) is 13.5 Å². The zero-order chi connectivity index (χ0) is 16.9. The van der Waals surface area contributed by atoms with Crippen LogP contribution >= 0.6 is 0 Å². The van der Waals surface area contributed by atoms with Crippen molar-refractivity contribution in [3.05, 3.63) is 35.4 Å².